The molecule has 0 saturated heterocycles. The number of hydrogen-bond donors (Lipinski definition) is 1. The van der Waals surface area contributed by atoms with Crippen LogP contribution in [0.3, 0.4) is 0 Å². The summed E-state index contributed by atoms with van der Waals surface area (Å²) in [6.45, 7) is 6.28. The van der Waals surface area contributed by atoms with Gasteiger partial charge in [-0.25, -0.2) is 4.39 Å². The van der Waals surface area contributed by atoms with E-state index in [1.54, 1.807) is 12.1 Å². The van der Waals surface area contributed by atoms with Crippen LogP contribution in [0.2, 0.25) is 5.02 Å². The number of rotatable bonds is 5. The molecular formula is C13H19ClFNO. The van der Waals surface area contributed by atoms with Crippen molar-refractivity contribution in [1.82, 2.24) is 0 Å². The van der Waals surface area contributed by atoms with E-state index in [9.17, 15) is 4.39 Å². The third kappa shape index (κ3) is 3.66. The third-order valence-electron chi connectivity index (χ3n) is 2.90. The van der Waals surface area contributed by atoms with E-state index < -0.39 is 5.60 Å². The number of hydrogen-bond acceptors (Lipinski definition) is 2. The molecule has 1 aromatic rings. The van der Waals surface area contributed by atoms with Gasteiger partial charge in [0.15, 0.2) is 0 Å². The largest absolute Gasteiger partial charge is 0.374 e. The zero-order chi connectivity index (χ0) is 13.1. The van der Waals surface area contributed by atoms with Crippen molar-refractivity contribution in [3.05, 3.63) is 34.6 Å². The Labute approximate surface area is 107 Å². The first kappa shape index (κ1) is 14.4. The zero-order valence-corrected chi connectivity index (χ0v) is 11.2. The van der Waals surface area contributed by atoms with Crippen LogP contribution in [0.25, 0.3) is 0 Å². The molecule has 4 heteroatoms. The first-order chi connectivity index (χ1) is 7.88. The van der Waals surface area contributed by atoms with Crippen molar-refractivity contribution >= 4 is 11.6 Å². The number of halogens is 2. The molecule has 2 nitrogen and oxygen atoms in total. The van der Waals surface area contributed by atoms with Gasteiger partial charge in [0, 0.05) is 23.2 Å². The molecule has 17 heavy (non-hydrogen) atoms. The lowest BCUT2D eigenvalue weighted by molar-refractivity contribution is -0.0289. The lowest BCUT2D eigenvalue weighted by Crippen LogP contribution is -2.47. The number of ether oxygens (including phenoxy) is 1. The highest BCUT2D eigenvalue weighted by Gasteiger charge is 2.28. The van der Waals surface area contributed by atoms with Gasteiger partial charge in [0.05, 0.1) is 5.60 Å². The second kappa shape index (κ2) is 5.80. The van der Waals surface area contributed by atoms with Crippen molar-refractivity contribution in [3.63, 3.8) is 0 Å². The van der Waals surface area contributed by atoms with Gasteiger partial charge < -0.3 is 10.5 Å². The van der Waals surface area contributed by atoms with E-state index in [-0.39, 0.29) is 11.9 Å². The first-order valence-electron chi connectivity index (χ1n) is 5.71. The van der Waals surface area contributed by atoms with E-state index in [4.69, 9.17) is 22.1 Å². The van der Waals surface area contributed by atoms with Crippen LogP contribution in [0.15, 0.2) is 18.2 Å². The Morgan fingerprint density at radius 1 is 1.47 bits per heavy atom. The van der Waals surface area contributed by atoms with E-state index in [0.29, 0.717) is 23.6 Å². The van der Waals surface area contributed by atoms with Crippen LogP contribution in [0.4, 0.5) is 4.39 Å². The molecule has 0 amide bonds. The average molecular weight is 260 g/mol. The highest BCUT2D eigenvalue weighted by atomic mass is 35.5. The second-order valence-corrected chi connectivity index (χ2v) is 4.95. The molecule has 0 aliphatic rings. The van der Waals surface area contributed by atoms with Crippen LogP contribution >= 0.6 is 11.6 Å². The molecule has 1 aromatic carbocycles. The second-order valence-electron chi connectivity index (χ2n) is 4.55. The molecule has 2 N–H and O–H groups in total. The summed E-state index contributed by atoms with van der Waals surface area (Å²) in [5.41, 5.74) is 6.01. The number of benzene rings is 1. The minimum Gasteiger partial charge on any atom is -0.374 e. The molecular weight excluding hydrogens is 241 g/mol. The van der Waals surface area contributed by atoms with E-state index in [1.807, 2.05) is 20.8 Å². The normalized spacial score (nSPS) is 13.8. The Hall–Kier alpha value is -0.640. The van der Waals surface area contributed by atoms with Crippen LogP contribution in [-0.2, 0) is 11.2 Å². The molecule has 0 aliphatic heterocycles. The first-order valence-corrected chi connectivity index (χ1v) is 6.08. The fourth-order valence-electron chi connectivity index (χ4n) is 1.67. The minimum absolute atomic E-state index is 0.308. The lowest BCUT2D eigenvalue weighted by atomic mass is 9.92. The topological polar surface area (TPSA) is 35.2 Å². The Bertz CT molecular complexity index is 361. The Morgan fingerprint density at radius 3 is 2.65 bits per heavy atom. The van der Waals surface area contributed by atoms with E-state index in [1.165, 1.54) is 6.07 Å². The molecule has 1 rings (SSSR count). The van der Waals surface area contributed by atoms with Crippen molar-refractivity contribution in [1.29, 1.82) is 0 Å². The molecule has 1 unspecified atom stereocenters. The molecule has 0 heterocycles. The van der Waals surface area contributed by atoms with Crippen molar-refractivity contribution < 1.29 is 9.13 Å². The predicted octanol–water partition coefficient (Wildman–Crippen LogP) is 3.16. The highest BCUT2D eigenvalue weighted by Crippen LogP contribution is 2.24. The molecule has 1 atom stereocenters. The summed E-state index contributed by atoms with van der Waals surface area (Å²) in [6.07, 6.45) is 0.360. The molecule has 0 spiro atoms. The van der Waals surface area contributed by atoms with Gasteiger partial charge in [-0.15, -0.1) is 0 Å². The summed E-state index contributed by atoms with van der Waals surface area (Å²) in [4.78, 5) is 0. The standard InChI is InChI=1S/C13H19ClFNO/c1-4-17-13(2,3)12(16)8-9-10(14)6-5-7-11(9)15/h5-7,12H,4,8,16H2,1-3H3. The van der Waals surface area contributed by atoms with Gasteiger partial charge >= 0.3 is 0 Å². The monoisotopic (exact) mass is 259 g/mol. The van der Waals surface area contributed by atoms with Gasteiger partial charge in [-0.05, 0) is 39.3 Å². The summed E-state index contributed by atoms with van der Waals surface area (Å²) >= 11 is 5.96. The maximum atomic E-state index is 13.6. The summed E-state index contributed by atoms with van der Waals surface area (Å²) in [5.74, 6) is -0.319. The van der Waals surface area contributed by atoms with Crippen LogP contribution in [0.5, 0.6) is 0 Å². The summed E-state index contributed by atoms with van der Waals surface area (Å²) in [7, 11) is 0. The van der Waals surface area contributed by atoms with Gasteiger partial charge in [-0.1, -0.05) is 17.7 Å². The summed E-state index contributed by atoms with van der Waals surface area (Å²) in [5, 5.41) is 0.410. The van der Waals surface area contributed by atoms with Crippen molar-refractivity contribution in [2.75, 3.05) is 6.61 Å². The van der Waals surface area contributed by atoms with Crippen LogP contribution in [0.1, 0.15) is 26.3 Å². The van der Waals surface area contributed by atoms with Gasteiger partial charge in [0.25, 0.3) is 0 Å². The van der Waals surface area contributed by atoms with Gasteiger partial charge in [0.2, 0.25) is 0 Å². The third-order valence-corrected chi connectivity index (χ3v) is 3.25. The molecule has 0 aromatic heterocycles. The van der Waals surface area contributed by atoms with Gasteiger partial charge in [-0.2, -0.15) is 0 Å². The van der Waals surface area contributed by atoms with Crippen LogP contribution in [-0.4, -0.2) is 18.2 Å². The SMILES string of the molecule is CCOC(C)(C)C(N)Cc1c(F)cccc1Cl. The Morgan fingerprint density at radius 2 is 2.12 bits per heavy atom. The maximum Gasteiger partial charge on any atom is 0.127 e. The smallest absolute Gasteiger partial charge is 0.127 e. The van der Waals surface area contributed by atoms with E-state index in [0.717, 1.165) is 0 Å². The van der Waals surface area contributed by atoms with E-state index >= 15 is 0 Å². The van der Waals surface area contributed by atoms with Crippen molar-refractivity contribution in [2.45, 2.75) is 38.8 Å². The fourth-order valence-corrected chi connectivity index (χ4v) is 1.91. The van der Waals surface area contributed by atoms with Crippen molar-refractivity contribution in [2.24, 2.45) is 5.73 Å². The van der Waals surface area contributed by atoms with Gasteiger partial charge in [0.1, 0.15) is 5.82 Å². The molecule has 0 bridgehead atoms. The zero-order valence-electron chi connectivity index (χ0n) is 10.5. The summed E-state index contributed by atoms with van der Waals surface area (Å²) in [6, 6.07) is 4.33. The van der Waals surface area contributed by atoms with E-state index in [2.05, 4.69) is 0 Å². The Kier molecular flexibility index (Phi) is 4.92. The van der Waals surface area contributed by atoms with Crippen molar-refractivity contribution in [3.8, 4) is 0 Å². The number of nitrogens with two attached hydrogens (primary N) is 1. The average Bonchev–Trinajstić information content (AvgIpc) is 2.23. The molecule has 0 aliphatic carbocycles. The highest BCUT2D eigenvalue weighted by molar-refractivity contribution is 6.31. The molecule has 0 fully saturated rings. The molecule has 0 radical (unpaired) electrons. The lowest BCUT2D eigenvalue weighted by Gasteiger charge is -2.31. The summed E-state index contributed by atoms with van der Waals surface area (Å²) < 4.78 is 19.2. The fraction of sp³-hybridized carbons (Fsp3) is 0.538. The Balaban J connectivity index is 2.84. The minimum atomic E-state index is -0.500. The molecule has 0 saturated carbocycles. The van der Waals surface area contributed by atoms with Gasteiger partial charge in [-0.3, -0.25) is 0 Å². The quantitative estimate of drug-likeness (QED) is 0.882. The predicted molar refractivity (Wildman–Crippen MR) is 68.8 cm³/mol. The van der Waals surface area contributed by atoms with Crippen LogP contribution in [0, 0.1) is 5.82 Å². The maximum absolute atomic E-state index is 13.6. The van der Waals surface area contributed by atoms with Crippen LogP contribution < -0.4 is 5.73 Å². The molecule has 96 valence electrons.